The van der Waals surface area contributed by atoms with Crippen LogP contribution in [0, 0.1) is 0 Å². The van der Waals surface area contributed by atoms with Crippen LogP contribution < -0.4 is 5.48 Å². The minimum atomic E-state index is -0.886. The van der Waals surface area contributed by atoms with Crippen molar-refractivity contribution < 1.29 is 29.0 Å². The molecule has 1 aromatic rings. The van der Waals surface area contributed by atoms with E-state index in [1.165, 1.54) is 0 Å². The van der Waals surface area contributed by atoms with Crippen LogP contribution in [0.2, 0.25) is 0 Å². The van der Waals surface area contributed by atoms with E-state index < -0.39 is 5.97 Å². The van der Waals surface area contributed by atoms with Crippen LogP contribution in [0.25, 0.3) is 0 Å². The van der Waals surface area contributed by atoms with Crippen molar-refractivity contribution in [2.24, 2.45) is 0 Å². The number of ether oxygens (including phenoxy) is 2. The first-order valence-electron chi connectivity index (χ1n) is 7.06. The molecule has 122 valence electrons. The predicted molar refractivity (Wildman–Crippen MR) is 79.3 cm³/mol. The van der Waals surface area contributed by atoms with E-state index in [0.29, 0.717) is 31.9 Å². The molecular formula is C15H21NO6. The highest BCUT2D eigenvalue weighted by Crippen LogP contribution is 2.05. The highest BCUT2D eigenvalue weighted by atomic mass is 16.7. The van der Waals surface area contributed by atoms with Crippen molar-refractivity contribution in [3.05, 3.63) is 30.3 Å². The summed E-state index contributed by atoms with van der Waals surface area (Å²) < 4.78 is 10.3. The van der Waals surface area contributed by atoms with E-state index in [9.17, 15) is 9.59 Å². The molecular weight excluding hydrogens is 290 g/mol. The number of nitrogens with one attached hydrogen (secondary N) is 1. The lowest BCUT2D eigenvalue weighted by Crippen LogP contribution is -2.12. The van der Waals surface area contributed by atoms with Crippen molar-refractivity contribution in [3.8, 4) is 0 Å². The van der Waals surface area contributed by atoms with E-state index in [1.807, 2.05) is 18.2 Å². The zero-order valence-corrected chi connectivity index (χ0v) is 12.3. The van der Waals surface area contributed by atoms with E-state index in [4.69, 9.17) is 19.4 Å². The van der Waals surface area contributed by atoms with Crippen molar-refractivity contribution in [1.29, 1.82) is 0 Å². The molecule has 0 bridgehead atoms. The molecule has 0 saturated carbocycles. The Balaban J connectivity index is 1.89. The minimum Gasteiger partial charge on any atom is -0.481 e. The van der Waals surface area contributed by atoms with Crippen LogP contribution in [-0.4, -0.2) is 43.5 Å². The molecule has 0 heterocycles. The van der Waals surface area contributed by atoms with Crippen molar-refractivity contribution in [1.82, 2.24) is 0 Å². The summed E-state index contributed by atoms with van der Waals surface area (Å²) in [5, 5.41) is 8.39. The maximum Gasteiger partial charge on any atom is 0.332 e. The lowest BCUT2D eigenvalue weighted by molar-refractivity contribution is -0.141. The van der Waals surface area contributed by atoms with Gasteiger partial charge in [-0.15, -0.1) is 0 Å². The van der Waals surface area contributed by atoms with Crippen LogP contribution in [0.3, 0.4) is 0 Å². The van der Waals surface area contributed by atoms with E-state index in [0.717, 1.165) is 0 Å². The van der Waals surface area contributed by atoms with Gasteiger partial charge in [0.2, 0.25) is 0 Å². The second kappa shape index (κ2) is 11.5. The summed E-state index contributed by atoms with van der Waals surface area (Å²) in [7, 11) is 0. The van der Waals surface area contributed by atoms with Gasteiger partial charge in [0.05, 0.1) is 38.3 Å². The average molecular weight is 311 g/mol. The number of aliphatic carboxylic acids is 1. The van der Waals surface area contributed by atoms with Crippen LogP contribution in [-0.2, 0) is 23.9 Å². The molecule has 1 rings (SSSR count). The molecule has 0 aliphatic carbocycles. The van der Waals surface area contributed by atoms with Gasteiger partial charge in [-0.1, -0.05) is 18.2 Å². The van der Waals surface area contributed by atoms with Crippen LogP contribution >= 0.6 is 0 Å². The molecule has 1 aromatic carbocycles. The third kappa shape index (κ3) is 9.73. The van der Waals surface area contributed by atoms with Crippen LogP contribution in [0.15, 0.2) is 30.3 Å². The molecule has 7 heteroatoms. The fraction of sp³-hybridized carbons (Fsp3) is 0.467. The number of carbonyl (C=O) groups is 2. The molecule has 0 aliphatic rings. The number of carboxylic acid groups (broad SMARTS) is 1. The summed E-state index contributed by atoms with van der Waals surface area (Å²) in [6.45, 7) is 1.31. The first kappa shape index (κ1) is 17.9. The third-order valence-corrected chi connectivity index (χ3v) is 2.56. The van der Waals surface area contributed by atoms with Gasteiger partial charge < -0.3 is 19.4 Å². The van der Waals surface area contributed by atoms with Gasteiger partial charge in [-0.25, -0.2) is 10.3 Å². The number of carboxylic acids is 1. The van der Waals surface area contributed by atoms with Gasteiger partial charge in [-0.3, -0.25) is 4.79 Å². The molecule has 0 saturated heterocycles. The zero-order valence-electron chi connectivity index (χ0n) is 12.3. The number of benzene rings is 1. The fourth-order valence-corrected chi connectivity index (χ4v) is 1.47. The van der Waals surface area contributed by atoms with Gasteiger partial charge in [0.1, 0.15) is 0 Å². The number of rotatable bonds is 12. The molecule has 0 atom stereocenters. The Labute approximate surface area is 129 Å². The van der Waals surface area contributed by atoms with Crippen LogP contribution in [0.5, 0.6) is 0 Å². The maximum absolute atomic E-state index is 11.4. The highest BCUT2D eigenvalue weighted by molar-refractivity contribution is 5.70. The molecule has 0 aliphatic heterocycles. The number of hydrogen-bond donors (Lipinski definition) is 2. The van der Waals surface area contributed by atoms with Gasteiger partial charge in [0.15, 0.2) is 0 Å². The second-order valence-electron chi connectivity index (χ2n) is 4.41. The molecule has 0 amide bonds. The Bertz CT molecular complexity index is 437. The van der Waals surface area contributed by atoms with Crippen molar-refractivity contribution in [2.45, 2.75) is 19.3 Å². The van der Waals surface area contributed by atoms with Gasteiger partial charge in [-0.2, -0.15) is 0 Å². The van der Waals surface area contributed by atoms with Gasteiger partial charge in [0.25, 0.3) is 0 Å². The van der Waals surface area contributed by atoms with Crippen LogP contribution in [0.1, 0.15) is 19.3 Å². The summed E-state index contributed by atoms with van der Waals surface area (Å²) in [4.78, 5) is 26.5. The lowest BCUT2D eigenvalue weighted by Gasteiger charge is -2.07. The van der Waals surface area contributed by atoms with E-state index in [1.54, 1.807) is 12.1 Å². The SMILES string of the molecule is O=C(O)CCOCCOCCCC(=O)ONc1ccccc1. The smallest absolute Gasteiger partial charge is 0.332 e. The molecule has 0 radical (unpaired) electrons. The van der Waals surface area contributed by atoms with Crippen molar-refractivity contribution in [3.63, 3.8) is 0 Å². The summed E-state index contributed by atoms with van der Waals surface area (Å²) in [6, 6.07) is 9.13. The first-order chi connectivity index (χ1) is 10.7. The van der Waals surface area contributed by atoms with Crippen molar-refractivity contribution >= 4 is 17.6 Å². The number of carbonyl (C=O) groups excluding carboxylic acids is 1. The molecule has 2 N–H and O–H groups in total. The second-order valence-corrected chi connectivity index (χ2v) is 4.41. The lowest BCUT2D eigenvalue weighted by atomic mass is 10.3. The standard InChI is InChI=1S/C15H21NO6/c17-14(18)8-10-21-12-11-20-9-4-7-15(19)22-16-13-5-2-1-3-6-13/h1-3,5-6,16H,4,7-12H2,(H,17,18). The molecule has 0 fully saturated rings. The van der Waals surface area contributed by atoms with Gasteiger partial charge in [-0.05, 0) is 18.6 Å². The fourth-order valence-electron chi connectivity index (χ4n) is 1.47. The van der Waals surface area contributed by atoms with Crippen molar-refractivity contribution in [2.75, 3.05) is 31.9 Å². The Morgan fingerprint density at radius 2 is 1.64 bits per heavy atom. The topological polar surface area (TPSA) is 94.1 Å². The van der Waals surface area contributed by atoms with Crippen LogP contribution in [0.4, 0.5) is 5.69 Å². The quantitative estimate of drug-likeness (QED) is 0.449. The number of para-hydroxylation sites is 1. The molecule has 7 nitrogen and oxygen atoms in total. The Morgan fingerprint density at radius 3 is 2.32 bits per heavy atom. The summed E-state index contributed by atoms with van der Waals surface area (Å²) in [6.07, 6.45) is 0.782. The largest absolute Gasteiger partial charge is 0.481 e. The molecule has 0 aromatic heterocycles. The average Bonchev–Trinajstić information content (AvgIpc) is 2.52. The predicted octanol–water partition coefficient (Wildman–Crippen LogP) is 1.84. The zero-order chi connectivity index (χ0) is 16.0. The van der Waals surface area contributed by atoms with Gasteiger partial charge >= 0.3 is 11.9 Å². The van der Waals surface area contributed by atoms with E-state index in [-0.39, 0.29) is 25.4 Å². The summed E-state index contributed by atoms with van der Waals surface area (Å²) in [5.74, 6) is -1.24. The molecule has 22 heavy (non-hydrogen) atoms. The minimum absolute atomic E-state index is 0.0136. The Morgan fingerprint density at radius 1 is 0.955 bits per heavy atom. The summed E-state index contributed by atoms with van der Waals surface area (Å²) >= 11 is 0. The Hall–Kier alpha value is -2.12. The number of anilines is 1. The Kier molecular flexibility index (Phi) is 9.40. The maximum atomic E-state index is 11.4. The first-order valence-corrected chi connectivity index (χ1v) is 7.06. The van der Waals surface area contributed by atoms with E-state index in [2.05, 4.69) is 5.48 Å². The third-order valence-electron chi connectivity index (χ3n) is 2.56. The monoisotopic (exact) mass is 311 g/mol. The highest BCUT2D eigenvalue weighted by Gasteiger charge is 2.03. The number of hydrogen-bond acceptors (Lipinski definition) is 6. The van der Waals surface area contributed by atoms with E-state index >= 15 is 0 Å². The van der Waals surface area contributed by atoms with Gasteiger partial charge in [0, 0.05) is 6.61 Å². The summed E-state index contributed by atoms with van der Waals surface area (Å²) in [5.41, 5.74) is 3.28. The molecule has 0 unspecified atom stereocenters. The normalized spacial score (nSPS) is 10.2. The molecule has 0 spiro atoms.